The monoisotopic (exact) mass is 232 g/mol. The Morgan fingerprint density at radius 1 is 1.18 bits per heavy atom. The molecule has 1 aromatic rings. The van der Waals surface area contributed by atoms with E-state index in [4.69, 9.17) is 5.73 Å². The van der Waals surface area contributed by atoms with Crippen molar-refractivity contribution < 1.29 is 0 Å². The highest BCUT2D eigenvalue weighted by molar-refractivity contribution is 5.43. The molecule has 2 aliphatic rings. The van der Waals surface area contributed by atoms with Crippen LogP contribution in [-0.2, 0) is 0 Å². The molecule has 0 aromatic carbocycles. The maximum absolute atomic E-state index is 6.06. The summed E-state index contributed by atoms with van der Waals surface area (Å²) in [5.41, 5.74) is 7.10. The SMILES string of the molecule is Cc1nccnc1N1C[C@H]2CCC(N)C[C@H]2C1. The zero-order chi connectivity index (χ0) is 11.8. The largest absolute Gasteiger partial charge is 0.355 e. The lowest BCUT2D eigenvalue weighted by atomic mass is 9.79. The van der Waals surface area contributed by atoms with E-state index >= 15 is 0 Å². The lowest BCUT2D eigenvalue weighted by molar-refractivity contribution is 0.271. The van der Waals surface area contributed by atoms with E-state index in [9.17, 15) is 0 Å². The zero-order valence-electron chi connectivity index (χ0n) is 10.3. The molecule has 3 atom stereocenters. The van der Waals surface area contributed by atoms with Gasteiger partial charge < -0.3 is 10.6 Å². The van der Waals surface area contributed by atoms with Crippen molar-refractivity contribution in [1.29, 1.82) is 0 Å². The topological polar surface area (TPSA) is 55.0 Å². The average Bonchev–Trinajstić information content (AvgIpc) is 2.72. The highest BCUT2D eigenvalue weighted by atomic mass is 15.2. The predicted octanol–water partition coefficient (Wildman–Crippen LogP) is 1.35. The molecule has 1 unspecified atom stereocenters. The fourth-order valence-electron chi connectivity index (χ4n) is 3.35. The predicted molar refractivity (Wildman–Crippen MR) is 67.8 cm³/mol. The van der Waals surface area contributed by atoms with Gasteiger partial charge in [0.2, 0.25) is 0 Å². The zero-order valence-corrected chi connectivity index (χ0v) is 10.3. The van der Waals surface area contributed by atoms with Crippen LogP contribution in [0.5, 0.6) is 0 Å². The highest BCUT2D eigenvalue weighted by Gasteiger charge is 2.37. The van der Waals surface area contributed by atoms with Gasteiger partial charge in [0.05, 0.1) is 5.69 Å². The third-order valence-corrected chi connectivity index (χ3v) is 4.25. The number of hydrogen-bond acceptors (Lipinski definition) is 4. The fourth-order valence-corrected chi connectivity index (χ4v) is 3.35. The van der Waals surface area contributed by atoms with Crippen LogP contribution in [0, 0.1) is 18.8 Å². The summed E-state index contributed by atoms with van der Waals surface area (Å²) in [6.45, 7) is 4.28. The van der Waals surface area contributed by atoms with E-state index < -0.39 is 0 Å². The third-order valence-electron chi connectivity index (χ3n) is 4.25. The van der Waals surface area contributed by atoms with Crippen molar-refractivity contribution in [3.63, 3.8) is 0 Å². The highest BCUT2D eigenvalue weighted by Crippen LogP contribution is 2.37. The molecule has 2 fully saturated rings. The second-order valence-corrected chi connectivity index (χ2v) is 5.46. The van der Waals surface area contributed by atoms with Crippen LogP contribution in [0.4, 0.5) is 5.82 Å². The van der Waals surface area contributed by atoms with Gasteiger partial charge in [0, 0.05) is 31.5 Å². The van der Waals surface area contributed by atoms with E-state index in [1.165, 1.54) is 19.3 Å². The number of rotatable bonds is 1. The molecule has 4 heteroatoms. The fraction of sp³-hybridized carbons (Fsp3) is 0.692. The normalized spacial score (nSPS) is 32.6. The van der Waals surface area contributed by atoms with Gasteiger partial charge in [-0.25, -0.2) is 4.98 Å². The summed E-state index contributed by atoms with van der Waals surface area (Å²) < 4.78 is 0. The Balaban J connectivity index is 1.78. The minimum Gasteiger partial charge on any atom is -0.355 e. The molecule has 0 amide bonds. The van der Waals surface area contributed by atoms with Crippen molar-refractivity contribution >= 4 is 5.82 Å². The summed E-state index contributed by atoms with van der Waals surface area (Å²) in [7, 11) is 0. The molecular weight excluding hydrogens is 212 g/mol. The molecular formula is C13H20N4. The summed E-state index contributed by atoms with van der Waals surface area (Å²) in [5, 5.41) is 0. The van der Waals surface area contributed by atoms with Crippen LogP contribution >= 0.6 is 0 Å². The molecule has 1 aliphatic heterocycles. The standard InChI is InChI=1S/C13H20N4/c1-9-13(16-5-4-15-9)17-7-10-2-3-12(14)6-11(10)8-17/h4-5,10-12H,2-3,6-8,14H2,1H3/t10-,11+,12?/m1/s1. The Labute approximate surface area is 102 Å². The van der Waals surface area contributed by atoms with Crippen molar-refractivity contribution in [2.75, 3.05) is 18.0 Å². The summed E-state index contributed by atoms with van der Waals surface area (Å²) in [6, 6.07) is 0.416. The molecule has 0 bridgehead atoms. The molecule has 1 aliphatic carbocycles. The summed E-state index contributed by atoms with van der Waals surface area (Å²) in [6.07, 6.45) is 7.20. The van der Waals surface area contributed by atoms with Gasteiger partial charge in [-0.3, -0.25) is 4.98 Å². The first kappa shape index (κ1) is 11.0. The first-order valence-electron chi connectivity index (χ1n) is 6.52. The van der Waals surface area contributed by atoms with Crippen LogP contribution in [0.3, 0.4) is 0 Å². The van der Waals surface area contributed by atoms with E-state index in [-0.39, 0.29) is 0 Å². The van der Waals surface area contributed by atoms with Crippen LogP contribution in [-0.4, -0.2) is 29.1 Å². The molecule has 2 N–H and O–H groups in total. The number of aryl methyl sites for hydroxylation is 1. The van der Waals surface area contributed by atoms with Gasteiger partial charge >= 0.3 is 0 Å². The minimum atomic E-state index is 0.416. The molecule has 1 saturated heterocycles. The van der Waals surface area contributed by atoms with E-state index in [1.807, 2.05) is 6.92 Å². The number of anilines is 1. The molecule has 3 rings (SSSR count). The number of hydrogen-bond donors (Lipinski definition) is 1. The summed E-state index contributed by atoms with van der Waals surface area (Å²) >= 11 is 0. The first-order chi connectivity index (χ1) is 8.24. The Kier molecular flexibility index (Phi) is 2.74. The Hall–Kier alpha value is -1.16. The minimum absolute atomic E-state index is 0.416. The van der Waals surface area contributed by atoms with Crippen molar-refractivity contribution in [2.45, 2.75) is 32.2 Å². The van der Waals surface area contributed by atoms with Crippen LogP contribution < -0.4 is 10.6 Å². The molecule has 1 aromatic heterocycles. The number of nitrogens with zero attached hydrogens (tertiary/aromatic N) is 3. The van der Waals surface area contributed by atoms with Crippen LogP contribution in [0.2, 0.25) is 0 Å². The number of aromatic nitrogens is 2. The lowest BCUT2D eigenvalue weighted by Gasteiger charge is -2.27. The van der Waals surface area contributed by atoms with Gasteiger partial charge in [-0.05, 0) is 38.0 Å². The molecule has 4 nitrogen and oxygen atoms in total. The summed E-state index contributed by atoms with van der Waals surface area (Å²) in [4.78, 5) is 11.2. The molecule has 0 radical (unpaired) electrons. The summed E-state index contributed by atoms with van der Waals surface area (Å²) in [5.74, 6) is 2.65. The van der Waals surface area contributed by atoms with Gasteiger partial charge in [0.25, 0.3) is 0 Å². The van der Waals surface area contributed by atoms with E-state index in [0.717, 1.165) is 36.4 Å². The van der Waals surface area contributed by atoms with E-state index in [1.54, 1.807) is 12.4 Å². The Morgan fingerprint density at radius 2 is 1.94 bits per heavy atom. The van der Waals surface area contributed by atoms with Crippen molar-refractivity contribution in [3.05, 3.63) is 18.1 Å². The first-order valence-corrected chi connectivity index (χ1v) is 6.52. The second kappa shape index (κ2) is 4.26. The quantitative estimate of drug-likeness (QED) is 0.794. The molecule has 92 valence electrons. The molecule has 1 saturated carbocycles. The van der Waals surface area contributed by atoms with Gasteiger partial charge in [-0.15, -0.1) is 0 Å². The number of nitrogens with two attached hydrogens (primary N) is 1. The van der Waals surface area contributed by atoms with Crippen LogP contribution in [0.1, 0.15) is 25.0 Å². The van der Waals surface area contributed by atoms with Crippen LogP contribution in [0.15, 0.2) is 12.4 Å². The molecule has 2 heterocycles. The van der Waals surface area contributed by atoms with Crippen molar-refractivity contribution in [3.8, 4) is 0 Å². The van der Waals surface area contributed by atoms with E-state index in [0.29, 0.717) is 6.04 Å². The maximum Gasteiger partial charge on any atom is 0.150 e. The third kappa shape index (κ3) is 2.02. The van der Waals surface area contributed by atoms with Gasteiger partial charge in [-0.1, -0.05) is 0 Å². The number of fused-ring (bicyclic) bond motifs is 1. The maximum atomic E-state index is 6.06. The van der Waals surface area contributed by atoms with Gasteiger partial charge in [0.1, 0.15) is 5.82 Å². The second-order valence-electron chi connectivity index (χ2n) is 5.46. The van der Waals surface area contributed by atoms with Crippen molar-refractivity contribution in [2.24, 2.45) is 17.6 Å². The molecule has 0 spiro atoms. The van der Waals surface area contributed by atoms with Crippen molar-refractivity contribution in [1.82, 2.24) is 9.97 Å². The Morgan fingerprint density at radius 3 is 2.76 bits per heavy atom. The molecule has 17 heavy (non-hydrogen) atoms. The van der Waals surface area contributed by atoms with Gasteiger partial charge in [0.15, 0.2) is 0 Å². The smallest absolute Gasteiger partial charge is 0.150 e. The van der Waals surface area contributed by atoms with E-state index in [2.05, 4.69) is 14.9 Å². The van der Waals surface area contributed by atoms with Gasteiger partial charge in [-0.2, -0.15) is 0 Å². The average molecular weight is 232 g/mol. The lowest BCUT2D eigenvalue weighted by Crippen LogP contribution is -2.32. The van der Waals surface area contributed by atoms with Crippen LogP contribution in [0.25, 0.3) is 0 Å². The Bertz CT molecular complexity index is 406.